The third kappa shape index (κ3) is 5.14. The summed E-state index contributed by atoms with van der Waals surface area (Å²) in [6.45, 7) is 7.05. The second kappa shape index (κ2) is 9.28. The molecule has 1 heterocycles. The summed E-state index contributed by atoms with van der Waals surface area (Å²) in [6, 6.07) is 3.38. The molecule has 20 heavy (non-hydrogen) atoms. The summed E-state index contributed by atoms with van der Waals surface area (Å²) in [6.07, 6.45) is 1.56. The highest BCUT2D eigenvalue weighted by Crippen LogP contribution is 2.10. The molecule has 6 nitrogen and oxygen atoms in total. The average molecular weight is 281 g/mol. The quantitative estimate of drug-likeness (QED) is 0.688. The van der Waals surface area contributed by atoms with Gasteiger partial charge in [-0.15, -0.1) is 0 Å². The van der Waals surface area contributed by atoms with Crippen molar-refractivity contribution in [3.8, 4) is 0 Å². The molecule has 0 aromatic carbocycles. The number of carbonyl (C=O) groups is 1. The maximum absolute atomic E-state index is 12.4. The largest absolute Gasteiger partial charge is 0.397 e. The van der Waals surface area contributed by atoms with Gasteiger partial charge in [-0.25, -0.2) is 4.98 Å². The van der Waals surface area contributed by atoms with Gasteiger partial charge in [0.15, 0.2) is 5.69 Å². The van der Waals surface area contributed by atoms with E-state index in [4.69, 9.17) is 15.2 Å². The van der Waals surface area contributed by atoms with Gasteiger partial charge in [-0.2, -0.15) is 0 Å². The number of amides is 1. The maximum atomic E-state index is 12.4. The van der Waals surface area contributed by atoms with Crippen LogP contribution in [0.1, 0.15) is 24.3 Å². The van der Waals surface area contributed by atoms with Crippen LogP contribution in [0.25, 0.3) is 0 Å². The predicted molar refractivity (Wildman–Crippen MR) is 77.5 cm³/mol. The molecular formula is C14H23N3O3. The molecule has 0 bridgehead atoms. The summed E-state index contributed by atoms with van der Waals surface area (Å²) in [4.78, 5) is 18.1. The Hall–Kier alpha value is -1.66. The van der Waals surface area contributed by atoms with Gasteiger partial charge in [0.05, 0.1) is 18.9 Å². The molecule has 0 fully saturated rings. The lowest BCUT2D eigenvalue weighted by Gasteiger charge is -2.22. The summed E-state index contributed by atoms with van der Waals surface area (Å²) < 4.78 is 10.6. The van der Waals surface area contributed by atoms with E-state index in [-0.39, 0.29) is 11.6 Å². The fraction of sp³-hybridized carbons (Fsp3) is 0.571. The van der Waals surface area contributed by atoms with Crippen molar-refractivity contribution in [1.29, 1.82) is 0 Å². The number of anilines is 1. The first kappa shape index (κ1) is 16.4. The number of aromatic nitrogens is 1. The number of nitrogens with zero attached hydrogens (tertiary/aromatic N) is 2. The monoisotopic (exact) mass is 281 g/mol. The van der Waals surface area contributed by atoms with Crippen LogP contribution < -0.4 is 5.73 Å². The lowest BCUT2D eigenvalue weighted by Crippen LogP contribution is -2.37. The molecule has 0 aliphatic rings. The number of hydrogen-bond acceptors (Lipinski definition) is 5. The Morgan fingerprint density at radius 3 is 2.35 bits per heavy atom. The Labute approximate surface area is 119 Å². The van der Waals surface area contributed by atoms with Crippen molar-refractivity contribution in [2.45, 2.75) is 13.8 Å². The smallest absolute Gasteiger partial charge is 0.274 e. The van der Waals surface area contributed by atoms with Gasteiger partial charge in [-0.1, -0.05) is 0 Å². The van der Waals surface area contributed by atoms with Crippen LogP contribution in [-0.4, -0.2) is 55.3 Å². The van der Waals surface area contributed by atoms with Crippen LogP contribution in [0.3, 0.4) is 0 Å². The van der Waals surface area contributed by atoms with Crippen LogP contribution in [0.2, 0.25) is 0 Å². The van der Waals surface area contributed by atoms with E-state index in [0.29, 0.717) is 45.2 Å². The Morgan fingerprint density at radius 2 is 1.85 bits per heavy atom. The van der Waals surface area contributed by atoms with Crippen molar-refractivity contribution >= 4 is 11.6 Å². The molecule has 0 spiro atoms. The SMILES string of the molecule is CCOCCN(CCOCC)C(=O)c1ncccc1N. The molecule has 1 aromatic heterocycles. The van der Waals surface area contributed by atoms with Crippen molar-refractivity contribution in [2.75, 3.05) is 45.3 Å². The summed E-state index contributed by atoms with van der Waals surface area (Å²) in [5.41, 5.74) is 6.46. The molecule has 0 atom stereocenters. The number of nitrogens with two attached hydrogens (primary N) is 1. The van der Waals surface area contributed by atoms with Gasteiger partial charge in [-0.3, -0.25) is 4.79 Å². The number of carbonyl (C=O) groups excluding carboxylic acids is 1. The van der Waals surface area contributed by atoms with E-state index in [2.05, 4.69) is 4.98 Å². The van der Waals surface area contributed by atoms with Crippen molar-refractivity contribution in [1.82, 2.24) is 9.88 Å². The molecule has 0 saturated heterocycles. The highest BCUT2D eigenvalue weighted by atomic mass is 16.5. The highest BCUT2D eigenvalue weighted by Gasteiger charge is 2.18. The Morgan fingerprint density at radius 1 is 1.25 bits per heavy atom. The number of nitrogen functional groups attached to an aromatic ring is 1. The molecule has 1 amide bonds. The molecular weight excluding hydrogens is 258 g/mol. The van der Waals surface area contributed by atoms with Gasteiger partial charge in [0.1, 0.15) is 0 Å². The van der Waals surface area contributed by atoms with Crippen molar-refractivity contribution in [2.24, 2.45) is 0 Å². The second-order valence-electron chi connectivity index (χ2n) is 4.13. The Balaban J connectivity index is 2.69. The molecule has 6 heteroatoms. The minimum absolute atomic E-state index is 0.192. The van der Waals surface area contributed by atoms with E-state index in [1.165, 1.54) is 0 Å². The Bertz CT molecular complexity index is 402. The van der Waals surface area contributed by atoms with Gasteiger partial charge in [0.25, 0.3) is 5.91 Å². The molecule has 112 valence electrons. The second-order valence-corrected chi connectivity index (χ2v) is 4.13. The third-order valence-corrected chi connectivity index (χ3v) is 2.75. The van der Waals surface area contributed by atoms with Crippen LogP contribution in [0.4, 0.5) is 5.69 Å². The van der Waals surface area contributed by atoms with Crippen LogP contribution in [0, 0.1) is 0 Å². The zero-order valence-corrected chi connectivity index (χ0v) is 12.2. The molecule has 1 rings (SSSR count). The van der Waals surface area contributed by atoms with Gasteiger partial charge in [-0.05, 0) is 26.0 Å². The van der Waals surface area contributed by atoms with E-state index in [1.807, 2.05) is 13.8 Å². The van der Waals surface area contributed by atoms with Gasteiger partial charge < -0.3 is 20.1 Å². The molecule has 0 aliphatic heterocycles. The van der Waals surface area contributed by atoms with Crippen molar-refractivity contribution < 1.29 is 14.3 Å². The average Bonchev–Trinajstić information content (AvgIpc) is 2.46. The summed E-state index contributed by atoms with van der Waals surface area (Å²) in [5.74, 6) is -0.192. The normalized spacial score (nSPS) is 10.5. The summed E-state index contributed by atoms with van der Waals surface area (Å²) in [7, 11) is 0. The number of pyridine rings is 1. The number of rotatable bonds is 9. The molecule has 2 N–H and O–H groups in total. The van der Waals surface area contributed by atoms with E-state index in [0.717, 1.165) is 0 Å². The minimum atomic E-state index is -0.192. The molecule has 0 radical (unpaired) electrons. The highest BCUT2D eigenvalue weighted by molar-refractivity contribution is 5.97. The standard InChI is InChI=1S/C14H23N3O3/c1-3-19-10-8-17(9-11-20-4-2)14(18)13-12(15)6-5-7-16-13/h5-7H,3-4,8-11,15H2,1-2H3. The molecule has 0 saturated carbocycles. The van der Waals surface area contributed by atoms with E-state index in [9.17, 15) is 4.79 Å². The first-order valence-electron chi connectivity index (χ1n) is 6.85. The van der Waals surface area contributed by atoms with Crippen LogP contribution >= 0.6 is 0 Å². The van der Waals surface area contributed by atoms with Crippen molar-refractivity contribution in [3.05, 3.63) is 24.0 Å². The zero-order valence-electron chi connectivity index (χ0n) is 12.2. The fourth-order valence-electron chi connectivity index (χ4n) is 1.70. The minimum Gasteiger partial charge on any atom is -0.397 e. The summed E-state index contributed by atoms with van der Waals surface area (Å²) in [5, 5.41) is 0. The van der Waals surface area contributed by atoms with E-state index >= 15 is 0 Å². The predicted octanol–water partition coefficient (Wildman–Crippen LogP) is 1.18. The Kier molecular flexibility index (Phi) is 7.60. The lowest BCUT2D eigenvalue weighted by molar-refractivity contribution is 0.0546. The van der Waals surface area contributed by atoms with E-state index < -0.39 is 0 Å². The van der Waals surface area contributed by atoms with Crippen LogP contribution in [0.5, 0.6) is 0 Å². The number of ether oxygens (including phenoxy) is 2. The van der Waals surface area contributed by atoms with Crippen LogP contribution in [0.15, 0.2) is 18.3 Å². The van der Waals surface area contributed by atoms with Gasteiger partial charge >= 0.3 is 0 Å². The fourth-order valence-corrected chi connectivity index (χ4v) is 1.70. The zero-order chi connectivity index (χ0) is 14.8. The number of hydrogen-bond donors (Lipinski definition) is 1. The van der Waals surface area contributed by atoms with Gasteiger partial charge in [0, 0.05) is 32.5 Å². The third-order valence-electron chi connectivity index (χ3n) is 2.75. The topological polar surface area (TPSA) is 77.7 Å². The molecule has 0 unspecified atom stereocenters. The van der Waals surface area contributed by atoms with E-state index in [1.54, 1.807) is 23.2 Å². The van der Waals surface area contributed by atoms with Gasteiger partial charge in [0.2, 0.25) is 0 Å². The van der Waals surface area contributed by atoms with Crippen molar-refractivity contribution in [3.63, 3.8) is 0 Å². The lowest BCUT2D eigenvalue weighted by atomic mass is 10.2. The first-order chi connectivity index (χ1) is 9.70. The summed E-state index contributed by atoms with van der Waals surface area (Å²) >= 11 is 0. The first-order valence-corrected chi connectivity index (χ1v) is 6.85. The molecule has 0 aliphatic carbocycles. The molecule has 1 aromatic rings. The maximum Gasteiger partial charge on any atom is 0.274 e. The van der Waals surface area contributed by atoms with Crippen LogP contribution in [-0.2, 0) is 9.47 Å².